The topological polar surface area (TPSA) is 12.0 Å². The van der Waals surface area contributed by atoms with Crippen LogP contribution in [0.5, 0.6) is 0 Å². The summed E-state index contributed by atoms with van der Waals surface area (Å²) in [4.78, 5) is 0. The van der Waals surface area contributed by atoms with E-state index in [-0.39, 0.29) is 0 Å². The van der Waals surface area contributed by atoms with E-state index in [4.69, 9.17) is 0 Å². The first-order valence-electron chi connectivity index (χ1n) is 6.52. The van der Waals surface area contributed by atoms with Gasteiger partial charge in [0.25, 0.3) is 0 Å². The van der Waals surface area contributed by atoms with E-state index in [9.17, 15) is 0 Å². The first-order chi connectivity index (χ1) is 7.77. The lowest BCUT2D eigenvalue weighted by atomic mass is 9.76. The van der Waals surface area contributed by atoms with Crippen LogP contribution in [0.25, 0.3) is 0 Å². The fourth-order valence-corrected chi connectivity index (χ4v) is 2.96. The predicted octanol–water partition coefficient (Wildman–Crippen LogP) is 3.11. The molecule has 0 aliphatic carbocycles. The molecule has 1 heterocycles. The molecule has 2 atom stereocenters. The maximum atomic E-state index is 3.54. The van der Waals surface area contributed by atoms with Crippen molar-refractivity contribution in [2.75, 3.05) is 13.1 Å². The summed E-state index contributed by atoms with van der Waals surface area (Å²) in [7, 11) is 0. The molecule has 1 heteroatoms. The minimum Gasteiger partial charge on any atom is -0.316 e. The van der Waals surface area contributed by atoms with Gasteiger partial charge in [0.2, 0.25) is 0 Å². The van der Waals surface area contributed by atoms with Gasteiger partial charge in [0.05, 0.1) is 0 Å². The second kappa shape index (κ2) is 5.49. The summed E-state index contributed by atoms with van der Waals surface area (Å²) in [5.41, 5.74) is 1.49. The minimum absolute atomic E-state index is 0.816. The summed E-state index contributed by atoms with van der Waals surface area (Å²) in [5, 5.41) is 3.54. The van der Waals surface area contributed by atoms with Crippen LogP contribution >= 0.6 is 0 Å². The van der Waals surface area contributed by atoms with Crippen LogP contribution in [0.3, 0.4) is 0 Å². The van der Waals surface area contributed by atoms with E-state index in [2.05, 4.69) is 49.5 Å². The van der Waals surface area contributed by atoms with Gasteiger partial charge in [-0.15, -0.1) is 0 Å². The third-order valence-corrected chi connectivity index (χ3v) is 3.86. The SMILES string of the molecule is CC(C)C1CCNCC1Cc1ccccc1. The smallest absolute Gasteiger partial charge is 0.00146 e. The largest absolute Gasteiger partial charge is 0.316 e. The Morgan fingerprint density at radius 2 is 2.00 bits per heavy atom. The molecule has 1 aromatic carbocycles. The van der Waals surface area contributed by atoms with Crippen molar-refractivity contribution in [1.29, 1.82) is 0 Å². The number of piperidine rings is 1. The highest BCUT2D eigenvalue weighted by Gasteiger charge is 2.27. The van der Waals surface area contributed by atoms with Crippen LogP contribution in [0.1, 0.15) is 25.8 Å². The maximum absolute atomic E-state index is 3.54. The van der Waals surface area contributed by atoms with E-state index in [1.165, 1.54) is 31.5 Å². The average Bonchev–Trinajstić information content (AvgIpc) is 2.31. The summed E-state index contributed by atoms with van der Waals surface area (Å²) < 4.78 is 0. The molecule has 1 nitrogen and oxygen atoms in total. The van der Waals surface area contributed by atoms with Gasteiger partial charge in [-0.3, -0.25) is 0 Å². The van der Waals surface area contributed by atoms with E-state index >= 15 is 0 Å². The van der Waals surface area contributed by atoms with Crippen molar-refractivity contribution in [3.05, 3.63) is 35.9 Å². The summed E-state index contributed by atoms with van der Waals surface area (Å²) >= 11 is 0. The monoisotopic (exact) mass is 217 g/mol. The van der Waals surface area contributed by atoms with Crippen molar-refractivity contribution in [2.24, 2.45) is 17.8 Å². The average molecular weight is 217 g/mol. The van der Waals surface area contributed by atoms with Gasteiger partial charge in [-0.05, 0) is 49.2 Å². The Labute approximate surface area is 99.3 Å². The quantitative estimate of drug-likeness (QED) is 0.820. The summed E-state index contributed by atoms with van der Waals surface area (Å²) in [5.74, 6) is 2.52. The first-order valence-corrected chi connectivity index (χ1v) is 6.52. The Balaban J connectivity index is 2.01. The van der Waals surface area contributed by atoms with E-state index in [0.717, 1.165) is 17.8 Å². The molecule has 2 unspecified atom stereocenters. The van der Waals surface area contributed by atoms with Crippen LogP contribution in [-0.4, -0.2) is 13.1 Å². The number of benzene rings is 1. The lowest BCUT2D eigenvalue weighted by Crippen LogP contribution is -2.39. The number of hydrogen-bond donors (Lipinski definition) is 1. The Bertz CT molecular complexity index is 304. The first kappa shape index (κ1) is 11.7. The molecule has 0 amide bonds. The molecule has 2 rings (SSSR count). The van der Waals surface area contributed by atoms with Crippen LogP contribution in [0, 0.1) is 17.8 Å². The molecule has 0 bridgehead atoms. The zero-order valence-electron chi connectivity index (χ0n) is 10.4. The number of rotatable bonds is 3. The molecule has 0 radical (unpaired) electrons. The van der Waals surface area contributed by atoms with Gasteiger partial charge in [0, 0.05) is 0 Å². The molecule has 16 heavy (non-hydrogen) atoms. The second-order valence-corrected chi connectivity index (χ2v) is 5.35. The van der Waals surface area contributed by atoms with Gasteiger partial charge in [0.1, 0.15) is 0 Å². The molecular weight excluding hydrogens is 194 g/mol. The van der Waals surface area contributed by atoms with Crippen molar-refractivity contribution >= 4 is 0 Å². The molecule has 0 aromatic heterocycles. The van der Waals surface area contributed by atoms with Gasteiger partial charge in [-0.1, -0.05) is 44.2 Å². The molecule has 1 aliphatic heterocycles. The van der Waals surface area contributed by atoms with Crippen molar-refractivity contribution in [3.63, 3.8) is 0 Å². The second-order valence-electron chi connectivity index (χ2n) is 5.35. The fraction of sp³-hybridized carbons (Fsp3) is 0.600. The standard InChI is InChI=1S/C15H23N/c1-12(2)15-8-9-16-11-14(15)10-13-6-4-3-5-7-13/h3-7,12,14-16H,8-11H2,1-2H3. The number of nitrogens with one attached hydrogen (secondary N) is 1. The minimum atomic E-state index is 0.816. The third-order valence-electron chi connectivity index (χ3n) is 3.86. The molecule has 1 fully saturated rings. The van der Waals surface area contributed by atoms with Crippen molar-refractivity contribution in [2.45, 2.75) is 26.7 Å². The van der Waals surface area contributed by atoms with Gasteiger partial charge >= 0.3 is 0 Å². The lowest BCUT2D eigenvalue weighted by molar-refractivity contribution is 0.194. The van der Waals surface area contributed by atoms with Crippen LogP contribution < -0.4 is 5.32 Å². The zero-order valence-corrected chi connectivity index (χ0v) is 10.4. The molecule has 1 aromatic rings. The summed E-state index contributed by atoms with van der Waals surface area (Å²) in [6.07, 6.45) is 2.58. The molecule has 1 N–H and O–H groups in total. The maximum Gasteiger partial charge on any atom is -0.00146 e. The Morgan fingerprint density at radius 3 is 2.69 bits per heavy atom. The van der Waals surface area contributed by atoms with Crippen molar-refractivity contribution in [3.8, 4) is 0 Å². The van der Waals surface area contributed by atoms with Crippen LogP contribution in [0.15, 0.2) is 30.3 Å². The van der Waals surface area contributed by atoms with Crippen LogP contribution in [0.2, 0.25) is 0 Å². The number of hydrogen-bond acceptors (Lipinski definition) is 1. The normalized spacial score (nSPS) is 25.9. The van der Waals surface area contributed by atoms with E-state index in [1.54, 1.807) is 0 Å². The Morgan fingerprint density at radius 1 is 1.25 bits per heavy atom. The molecule has 1 saturated heterocycles. The van der Waals surface area contributed by atoms with Gasteiger partial charge in [0.15, 0.2) is 0 Å². The van der Waals surface area contributed by atoms with E-state index in [1.807, 2.05) is 0 Å². The van der Waals surface area contributed by atoms with Crippen LogP contribution in [0.4, 0.5) is 0 Å². The zero-order chi connectivity index (χ0) is 11.4. The molecule has 1 aliphatic rings. The highest BCUT2D eigenvalue weighted by molar-refractivity contribution is 5.15. The third kappa shape index (κ3) is 2.85. The van der Waals surface area contributed by atoms with E-state index in [0.29, 0.717) is 0 Å². The highest BCUT2D eigenvalue weighted by Crippen LogP contribution is 2.29. The van der Waals surface area contributed by atoms with Gasteiger partial charge in [-0.2, -0.15) is 0 Å². The Kier molecular flexibility index (Phi) is 4.00. The molecule has 88 valence electrons. The predicted molar refractivity (Wildman–Crippen MR) is 69.5 cm³/mol. The fourth-order valence-electron chi connectivity index (χ4n) is 2.96. The highest BCUT2D eigenvalue weighted by atomic mass is 14.9. The van der Waals surface area contributed by atoms with E-state index < -0.39 is 0 Å². The summed E-state index contributed by atoms with van der Waals surface area (Å²) in [6, 6.07) is 10.9. The van der Waals surface area contributed by atoms with Crippen molar-refractivity contribution < 1.29 is 0 Å². The Hall–Kier alpha value is -0.820. The summed E-state index contributed by atoms with van der Waals surface area (Å²) in [6.45, 7) is 7.13. The lowest BCUT2D eigenvalue weighted by Gasteiger charge is -2.35. The van der Waals surface area contributed by atoms with Gasteiger partial charge < -0.3 is 5.32 Å². The molecule has 0 spiro atoms. The van der Waals surface area contributed by atoms with Crippen molar-refractivity contribution in [1.82, 2.24) is 5.32 Å². The van der Waals surface area contributed by atoms with Crippen LogP contribution in [-0.2, 0) is 6.42 Å². The molecular formula is C15H23N. The van der Waals surface area contributed by atoms with Gasteiger partial charge in [-0.25, -0.2) is 0 Å². The molecule has 0 saturated carbocycles.